The summed E-state index contributed by atoms with van der Waals surface area (Å²) >= 11 is 5.89. The second kappa shape index (κ2) is 5.93. The SMILES string of the molecule is Clc1ccc(Cn2cnc(Cc3ccccc3)c2)cc1. The Bertz CT molecular complexity index is 672. The molecule has 3 rings (SSSR count). The van der Waals surface area contributed by atoms with Crippen molar-refractivity contribution in [2.75, 3.05) is 0 Å². The zero-order valence-electron chi connectivity index (χ0n) is 11.0. The molecule has 0 atom stereocenters. The molecule has 0 bridgehead atoms. The number of benzene rings is 2. The van der Waals surface area contributed by atoms with Crippen LogP contribution in [0.3, 0.4) is 0 Å². The Labute approximate surface area is 123 Å². The van der Waals surface area contributed by atoms with E-state index in [4.69, 9.17) is 11.6 Å². The molecule has 0 spiro atoms. The molecule has 20 heavy (non-hydrogen) atoms. The predicted octanol–water partition coefficient (Wildman–Crippen LogP) is 4.18. The fraction of sp³-hybridized carbons (Fsp3) is 0.118. The smallest absolute Gasteiger partial charge is 0.0952 e. The molecule has 0 saturated heterocycles. The van der Waals surface area contributed by atoms with Gasteiger partial charge in [0.25, 0.3) is 0 Å². The minimum Gasteiger partial charge on any atom is -0.333 e. The van der Waals surface area contributed by atoms with E-state index in [1.807, 2.05) is 36.7 Å². The second-order valence-electron chi connectivity index (χ2n) is 4.83. The number of rotatable bonds is 4. The van der Waals surface area contributed by atoms with Crippen molar-refractivity contribution in [1.82, 2.24) is 9.55 Å². The molecule has 3 aromatic rings. The summed E-state index contributed by atoms with van der Waals surface area (Å²) in [6.45, 7) is 0.818. The van der Waals surface area contributed by atoms with Crippen LogP contribution >= 0.6 is 11.6 Å². The van der Waals surface area contributed by atoms with Gasteiger partial charge in [-0.25, -0.2) is 4.98 Å². The van der Waals surface area contributed by atoms with Crippen LogP contribution in [-0.2, 0) is 13.0 Å². The van der Waals surface area contributed by atoms with Crippen molar-refractivity contribution >= 4 is 11.6 Å². The Kier molecular flexibility index (Phi) is 3.84. The van der Waals surface area contributed by atoms with Crippen LogP contribution in [0.2, 0.25) is 5.02 Å². The van der Waals surface area contributed by atoms with Crippen molar-refractivity contribution in [2.24, 2.45) is 0 Å². The lowest BCUT2D eigenvalue weighted by Gasteiger charge is -2.02. The molecular formula is C17H15ClN2. The molecule has 2 aromatic carbocycles. The van der Waals surface area contributed by atoms with E-state index in [1.54, 1.807) is 0 Å². The van der Waals surface area contributed by atoms with Crippen LogP contribution in [0.15, 0.2) is 67.1 Å². The van der Waals surface area contributed by atoms with Gasteiger partial charge in [-0.15, -0.1) is 0 Å². The Balaban J connectivity index is 1.69. The summed E-state index contributed by atoms with van der Waals surface area (Å²) in [5, 5.41) is 0.768. The Morgan fingerprint density at radius 1 is 0.900 bits per heavy atom. The maximum Gasteiger partial charge on any atom is 0.0952 e. The molecule has 0 N–H and O–H groups in total. The first-order valence-corrected chi connectivity index (χ1v) is 6.96. The first kappa shape index (κ1) is 12.9. The van der Waals surface area contributed by atoms with Gasteiger partial charge in [-0.2, -0.15) is 0 Å². The lowest BCUT2D eigenvalue weighted by Crippen LogP contribution is -1.96. The van der Waals surface area contributed by atoms with E-state index in [2.05, 4.69) is 40.0 Å². The van der Waals surface area contributed by atoms with E-state index in [-0.39, 0.29) is 0 Å². The summed E-state index contributed by atoms with van der Waals surface area (Å²) < 4.78 is 2.10. The summed E-state index contributed by atoms with van der Waals surface area (Å²) in [4.78, 5) is 4.46. The van der Waals surface area contributed by atoms with Gasteiger partial charge in [-0.3, -0.25) is 0 Å². The third kappa shape index (κ3) is 3.28. The first-order valence-electron chi connectivity index (χ1n) is 6.58. The normalized spacial score (nSPS) is 10.7. The molecule has 0 aliphatic carbocycles. The van der Waals surface area contributed by atoms with Crippen LogP contribution in [0.25, 0.3) is 0 Å². The second-order valence-corrected chi connectivity index (χ2v) is 5.26. The standard InChI is InChI=1S/C17H15ClN2/c18-16-8-6-15(7-9-16)11-20-12-17(19-13-20)10-14-4-2-1-3-5-14/h1-9,12-13H,10-11H2. The van der Waals surface area contributed by atoms with Crippen LogP contribution in [0.4, 0.5) is 0 Å². The number of hydrogen-bond donors (Lipinski definition) is 0. The summed E-state index contributed by atoms with van der Waals surface area (Å²) in [6, 6.07) is 18.3. The van der Waals surface area contributed by atoms with Gasteiger partial charge < -0.3 is 4.57 Å². The number of aromatic nitrogens is 2. The van der Waals surface area contributed by atoms with Crippen LogP contribution < -0.4 is 0 Å². The van der Waals surface area contributed by atoms with E-state index in [0.717, 1.165) is 23.7 Å². The Morgan fingerprint density at radius 3 is 2.40 bits per heavy atom. The molecule has 0 aliphatic rings. The fourth-order valence-electron chi connectivity index (χ4n) is 2.19. The molecule has 1 aromatic heterocycles. The van der Waals surface area contributed by atoms with Crippen LogP contribution in [0.5, 0.6) is 0 Å². The highest BCUT2D eigenvalue weighted by atomic mass is 35.5. The molecule has 1 heterocycles. The molecule has 0 fully saturated rings. The van der Waals surface area contributed by atoms with E-state index in [0.29, 0.717) is 0 Å². The number of hydrogen-bond acceptors (Lipinski definition) is 1. The van der Waals surface area contributed by atoms with Gasteiger partial charge in [-0.05, 0) is 23.3 Å². The Hall–Kier alpha value is -2.06. The van der Waals surface area contributed by atoms with Gasteiger partial charge in [0.15, 0.2) is 0 Å². The quantitative estimate of drug-likeness (QED) is 0.702. The van der Waals surface area contributed by atoms with E-state index < -0.39 is 0 Å². The number of nitrogens with zero attached hydrogens (tertiary/aromatic N) is 2. The third-order valence-electron chi connectivity index (χ3n) is 3.19. The van der Waals surface area contributed by atoms with E-state index >= 15 is 0 Å². The maximum atomic E-state index is 5.89. The average Bonchev–Trinajstić information content (AvgIpc) is 2.90. The maximum absolute atomic E-state index is 5.89. The molecule has 3 heteroatoms. The Morgan fingerprint density at radius 2 is 1.65 bits per heavy atom. The van der Waals surface area contributed by atoms with Crippen LogP contribution in [-0.4, -0.2) is 9.55 Å². The van der Waals surface area contributed by atoms with Crippen molar-refractivity contribution in [3.63, 3.8) is 0 Å². The van der Waals surface area contributed by atoms with Crippen LogP contribution in [0, 0.1) is 0 Å². The van der Waals surface area contributed by atoms with Crippen molar-refractivity contribution in [1.29, 1.82) is 0 Å². The largest absolute Gasteiger partial charge is 0.333 e. The minimum atomic E-state index is 0.768. The predicted molar refractivity (Wildman–Crippen MR) is 82.0 cm³/mol. The highest BCUT2D eigenvalue weighted by molar-refractivity contribution is 6.30. The molecular weight excluding hydrogens is 268 g/mol. The monoisotopic (exact) mass is 282 g/mol. The highest BCUT2D eigenvalue weighted by Crippen LogP contribution is 2.12. The molecule has 2 nitrogen and oxygen atoms in total. The topological polar surface area (TPSA) is 17.8 Å². The summed E-state index contributed by atoms with van der Waals surface area (Å²) in [5.74, 6) is 0. The van der Waals surface area contributed by atoms with Crippen molar-refractivity contribution < 1.29 is 0 Å². The van der Waals surface area contributed by atoms with Crippen LogP contribution in [0.1, 0.15) is 16.8 Å². The van der Waals surface area contributed by atoms with Gasteiger partial charge in [0.1, 0.15) is 0 Å². The highest BCUT2D eigenvalue weighted by Gasteiger charge is 2.01. The number of halogens is 1. The zero-order chi connectivity index (χ0) is 13.8. The van der Waals surface area contributed by atoms with Gasteiger partial charge in [0.05, 0.1) is 12.0 Å². The first-order chi connectivity index (χ1) is 9.79. The minimum absolute atomic E-state index is 0.768. The number of imidazole rings is 1. The molecule has 0 unspecified atom stereocenters. The lowest BCUT2D eigenvalue weighted by molar-refractivity contribution is 0.796. The molecule has 0 aliphatic heterocycles. The van der Waals surface area contributed by atoms with Crippen molar-refractivity contribution in [2.45, 2.75) is 13.0 Å². The lowest BCUT2D eigenvalue weighted by atomic mass is 10.1. The van der Waals surface area contributed by atoms with Gasteiger partial charge in [0, 0.05) is 24.2 Å². The zero-order valence-corrected chi connectivity index (χ0v) is 11.8. The molecule has 0 amide bonds. The van der Waals surface area contributed by atoms with Crippen molar-refractivity contribution in [3.8, 4) is 0 Å². The summed E-state index contributed by atoms with van der Waals surface area (Å²) in [5.41, 5.74) is 3.59. The third-order valence-corrected chi connectivity index (χ3v) is 3.45. The van der Waals surface area contributed by atoms with E-state index in [1.165, 1.54) is 11.1 Å². The fourth-order valence-corrected chi connectivity index (χ4v) is 2.32. The van der Waals surface area contributed by atoms with Gasteiger partial charge >= 0.3 is 0 Å². The van der Waals surface area contributed by atoms with Gasteiger partial charge in [-0.1, -0.05) is 54.1 Å². The molecule has 0 saturated carbocycles. The van der Waals surface area contributed by atoms with Gasteiger partial charge in [0.2, 0.25) is 0 Å². The summed E-state index contributed by atoms with van der Waals surface area (Å²) in [6.07, 6.45) is 4.85. The average molecular weight is 283 g/mol. The molecule has 0 radical (unpaired) electrons. The van der Waals surface area contributed by atoms with E-state index in [9.17, 15) is 0 Å². The summed E-state index contributed by atoms with van der Waals surface area (Å²) in [7, 11) is 0. The molecule has 100 valence electrons. The van der Waals surface area contributed by atoms with Crippen molar-refractivity contribution in [3.05, 3.63) is 89.0 Å².